The van der Waals surface area contributed by atoms with Crippen molar-refractivity contribution >= 4 is 23.1 Å². The lowest BCUT2D eigenvalue weighted by Crippen LogP contribution is -1.88. The minimum Gasteiger partial charge on any atom is -0.411 e. The van der Waals surface area contributed by atoms with Crippen LogP contribution in [0.1, 0.15) is 27.4 Å². The molecule has 136 valence electrons. The molecule has 0 saturated heterocycles. The van der Waals surface area contributed by atoms with E-state index in [1.165, 1.54) is 28.5 Å². The van der Waals surface area contributed by atoms with Gasteiger partial charge in [-0.2, -0.15) is 0 Å². The van der Waals surface area contributed by atoms with Crippen LogP contribution in [-0.2, 0) is 12.2 Å². The minimum absolute atomic E-state index is 0.559. The number of aryl methyl sites for hydroxylation is 2. The van der Waals surface area contributed by atoms with Crippen molar-refractivity contribution < 1.29 is 4.42 Å². The third-order valence-corrected chi connectivity index (χ3v) is 6.05. The average molecular weight is 394 g/mol. The maximum absolute atomic E-state index is 5.81. The van der Waals surface area contributed by atoms with Crippen LogP contribution in [0.3, 0.4) is 0 Å². The maximum atomic E-state index is 5.81. The Morgan fingerprint density at radius 2 is 1.85 bits per heavy atom. The molecule has 0 bridgehead atoms. The molecular formula is C21H19N3OS2. The van der Waals surface area contributed by atoms with Gasteiger partial charge in [-0.05, 0) is 42.7 Å². The van der Waals surface area contributed by atoms with E-state index in [9.17, 15) is 0 Å². The second-order valence-corrected chi connectivity index (χ2v) is 8.23. The fourth-order valence-corrected chi connectivity index (χ4v) is 4.25. The van der Waals surface area contributed by atoms with E-state index in [-0.39, 0.29) is 0 Å². The van der Waals surface area contributed by atoms with Gasteiger partial charge in [0.15, 0.2) is 0 Å². The molecular weight excluding hydrogens is 374 g/mol. The van der Waals surface area contributed by atoms with Crippen LogP contribution in [0.5, 0.6) is 0 Å². The van der Waals surface area contributed by atoms with E-state index >= 15 is 0 Å². The number of hydrogen-bond donors (Lipinski definition) is 0. The van der Waals surface area contributed by atoms with E-state index in [2.05, 4.69) is 65.8 Å². The molecule has 0 fully saturated rings. The Kier molecular flexibility index (Phi) is 5.36. The molecule has 0 aliphatic rings. The molecule has 0 aliphatic carbocycles. The number of aromatic nitrogens is 3. The van der Waals surface area contributed by atoms with Gasteiger partial charge in [0.25, 0.3) is 5.22 Å². The van der Waals surface area contributed by atoms with E-state index in [1.807, 2.05) is 12.1 Å². The molecule has 0 unspecified atom stereocenters. The molecule has 6 heteroatoms. The van der Waals surface area contributed by atoms with Crippen LogP contribution in [0.15, 0.2) is 63.6 Å². The normalized spacial score (nSPS) is 11.0. The van der Waals surface area contributed by atoms with Crippen LogP contribution in [0.2, 0.25) is 0 Å². The van der Waals surface area contributed by atoms with Gasteiger partial charge in [-0.25, -0.2) is 4.98 Å². The molecule has 0 amide bonds. The van der Waals surface area contributed by atoms with Crippen LogP contribution in [-0.4, -0.2) is 15.2 Å². The zero-order chi connectivity index (χ0) is 18.6. The molecule has 0 saturated carbocycles. The summed E-state index contributed by atoms with van der Waals surface area (Å²) in [6, 6.07) is 16.6. The number of nitrogens with zero attached hydrogens (tertiary/aromatic N) is 3. The van der Waals surface area contributed by atoms with Crippen LogP contribution in [0.4, 0.5) is 0 Å². The van der Waals surface area contributed by atoms with E-state index in [0.29, 0.717) is 11.1 Å². The lowest BCUT2D eigenvalue weighted by molar-refractivity contribution is 0.465. The molecule has 27 heavy (non-hydrogen) atoms. The molecule has 0 aliphatic heterocycles. The molecule has 0 radical (unpaired) electrons. The molecule has 0 N–H and O–H groups in total. The second-order valence-electron chi connectivity index (χ2n) is 6.36. The average Bonchev–Trinajstić information content (AvgIpc) is 3.33. The highest BCUT2D eigenvalue weighted by molar-refractivity contribution is 7.98. The van der Waals surface area contributed by atoms with Crippen LogP contribution >= 0.6 is 23.1 Å². The molecule has 4 rings (SSSR count). The quantitative estimate of drug-likeness (QED) is 0.394. The summed E-state index contributed by atoms with van der Waals surface area (Å²) < 4.78 is 5.81. The highest BCUT2D eigenvalue weighted by atomic mass is 32.2. The molecule has 2 aromatic carbocycles. The largest absolute Gasteiger partial charge is 0.411 e. The third kappa shape index (κ3) is 4.46. The Balaban J connectivity index is 1.38. The summed E-state index contributed by atoms with van der Waals surface area (Å²) in [5.74, 6) is 1.28. The van der Waals surface area contributed by atoms with Crippen molar-refractivity contribution in [3.63, 3.8) is 0 Å². The van der Waals surface area contributed by atoms with Gasteiger partial charge >= 0.3 is 0 Å². The summed E-state index contributed by atoms with van der Waals surface area (Å²) in [6.07, 6.45) is 0.869. The summed E-state index contributed by atoms with van der Waals surface area (Å²) in [5, 5.41) is 12.1. The number of hydrogen-bond acceptors (Lipinski definition) is 6. The van der Waals surface area contributed by atoms with Crippen molar-refractivity contribution in [2.45, 2.75) is 31.2 Å². The summed E-state index contributed by atoms with van der Waals surface area (Å²) in [7, 11) is 0. The van der Waals surface area contributed by atoms with Crippen molar-refractivity contribution in [1.82, 2.24) is 15.2 Å². The molecule has 2 aromatic heterocycles. The Morgan fingerprint density at radius 1 is 1.00 bits per heavy atom. The first kappa shape index (κ1) is 17.9. The van der Waals surface area contributed by atoms with Crippen molar-refractivity contribution in [2.75, 3.05) is 0 Å². The van der Waals surface area contributed by atoms with Gasteiger partial charge in [0.2, 0.25) is 5.89 Å². The lowest BCUT2D eigenvalue weighted by Gasteiger charge is -2.00. The monoisotopic (exact) mass is 393 g/mol. The van der Waals surface area contributed by atoms with Crippen LogP contribution < -0.4 is 0 Å². The van der Waals surface area contributed by atoms with Crippen LogP contribution in [0, 0.1) is 13.8 Å². The topological polar surface area (TPSA) is 51.8 Å². The highest BCUT2D eigenvalue weighted by Crippen LogP contribution is 2.27. The summed E-state index contributed by atoms with van der Waals surface area (Å²) >= 11 is 3.21. The molecule has 0 spiro atoms. The number of rotatable bonds is 6. The van der Waals surface area contributed by atoms with Crippen molar-refractivity contribution in [1.29, 1.82) is 0 Å². The summed E-state index contributed by atoms with van der Waals surface area (Å²) in [4.78, 5) is 4.71. The van der Waals surface area contributed by atoms with Crippen molar-refractivity contribution in [2.24, 2.45) is 0 Å². The first-order valence-corrected chi connectivity index (χ1v) is 10.5. The van der Waals surface area contributed by atoms with Gasteiger partial charge in [-0.3, -0.25) is 0 Å². The van der Waals surface area contributed by atoms with Crippen molar-refractivity contribution in [3.05, 3.63) is 81.3 Å². The van der Waals surface area contributed by atoms with Gasteiger partial charge in [-0.15, -0.1) is 21.5 Å². The first-order valence-electron chi connectivity index (χ1n) is 8.68. The first-order chi connectivity index (χ1) is 13.2. The third-order valence-electron chi connectivity index (χ3n) is 4.30. The predicted molar refractivity (Wildman–Crippen MR) is 110 cm³/mol. The fourth-order valence-electron chi connectivity index (χ4n) is 2.66. The smallest absolute Gasteiger partial charge is 0.277 e. The molecule has 4 nitrogen and oxygen atoms in total. The number of benzene rings is 2. The van der Waals surface area contributed by atoms with Gasteiger partial charge in [0.05, 0.1) is 10.7 Å². The van der Waals surface area contributed by atoms with Crippen molar-refractivity contribution in [3.8, 4) is 11.5 Å². The zero-order valence-electron chi connectivity index (χ0n) is 15.2. The summed E-state index contributed by atoms with van der Waals surface area (Å²) in [6.45, 7) is 4.17. The molecule has 0 atom stereocenters. The van der Waals surface area contributed by atoms with Gasteiger partial charge in [0.1, 0.15) is 0 Å². The van der Waals surface area contributed by atoms with E-state index < -0.39 is 0 Å². The molecule has 4 aromatic rings. The summed E-state index contributed by atoms with van der Waals surface area (Å²) in [5.41, 5.74) is 5.75. The Bertz CT molecular complexity index is 1040. The van der Waals surface area contributed by atoms with E-state index in [4.69, 9.17) is 9.40 Å². The SMILES string of the molecule is Cc1ccc(-c2nnc(SCc3csc(Cc4ccccc4)n3)o2)cc1C. The van der Waals surface area contributed by atoms with E-state index in [0.717, 1.165) is 28.4 Å². The number of thiazole rings is 1. The van der Waals surface area contributed by atoms with Gasteiger partial charge in [0, 0.05) is 23.1 Å². The zero-order valence-corrected chi connectivity index (χ0v) is 16.8. The Hall–Kier alpha value is -2.44. The highest BCUT2D eigenvalue weighted by Gasteiger charge is 2.11. The van der Waals surface area contributed by atoms with E-state index in [1.54, 1.807) is 11.3 Å². The Morgan fingerprint density at radius 3 is 2.67 bits per heavy atom. The lowest BCUT2D eigenvalue weighted by atomic mass is 10.1. The van der Waals surface area contributed by atoms with Gasteiger partial charge < -0.3 is 4.42 Å². The standard InChI is InChI=1S/C21H19N3OS2/c1-14-8-9-17(10-15(14)2)20-23-24-21(25-20)27-13-18-12-26-19(22-18)11-16-6-4-3-5-7-16/h3-10,12H,11,13H2,1-2H3. The Labute approximate surface area is 166 Å². The maximum Gasteiger partial charge on any atom is 0.277 e. The molecule has 2 heterocycles. The minimum atomic E-state index is 0.559. The van der Waals surface area contributed by atoms with Gasteiger partial charge in [-0.1, -0.05) is 48.2 Å². The van der Waals surface area contributed by atoms with Crippen LogP contribution in [0.25, 0.3) is 11.5 Å². The fraction of sp³-hybridized carbons (Fsp3) is 0.190. The number of thioether (sulfide) groups is 1. The predicted octanol–water partition coefficient (Wildman–Crippen LogP) is 5.69. The second kappa shape index (κ2) is 8.06.